The van der Waals surface area contributed by atoms with Gasteiger partial charge >= 0.3 is 0 Å². The highest BCUT2D eigenvalue weighted by Crippen LogP contribution is 1.97. The fraction of sp³-hybridized carbons (Fsp3) is 0.143. The Morgan fingerprint density at radius 3 is 3.08 bits per heavy atom. The molecule has 2 N–H and O–H groups in total. The van der Waals surface area contributed by atoms with Crippen LogP contribution in [-0.4, -0.2) is 10.9 Å². The molecule has 0 aromatic carbocycles. The number of rotatable bonds is 2. The van der Waals surface area contributed by atoms with Gasteiger partial charge in [-0.1, -0.05) is 16.4 Å². The van der Waals surface area contributed by atoms with Gasteiger partial charge in [-0.2, -0.15) is 0 Å². The molecule has 0 aliphatic heterocycles. The third kappa shape index (κ3) is 2.45. The monoisotopic (exact) mass is 164 g/mol. The quantitative estimate of drug-likeness (QED) is 0.392. The second-order valence-electron chi connectivity index (χ2n) is 2.15. The average Bonchev–Trinajstić information content (AvgIpc) is 2.06. The predicted molar refractivity (Wildman–Crippen MR) is 42.0 cm³/mol. The molecule has 1 aromatic heterocycles. The molecular formula is C7H8N4O. The lowest BCUT2D eigenvalue weighted by Gasteiger charge is -1.92. The summed E-state index contributed by atoms with van der Waals surface area (Å²) < 4.78 is 0. The lowest BCUT2D eigenvalue weighted by atomic mass is 10.2. The Balaban J connectivity index is 2.59. The Labute approximate surface area is 69.3 Å². The summed E-state index contributed by atoms with van der Waals surface area (Å²) in [7, 11) is 0. The first-order chi connectivity index (χ1) is 5.83. The maximum absolute atomic E-state index is 10.8. The standard InChI is InChI=1S/C7H8N4O/c8-11-10-7(12)4-6-2-1-3-9-5-6/h1-3,5H,4H2,(H2,8,10,12). The molecule has 12 heavy (non-hydrogen) atoms. The topological polar surface area (TPSA) is 80.7 Å². The number of pyridine rings is 1. The van der Waals surface area contributed by atoms with Gasteiger partial charge in [0.1, 0.15) is 0 Å². The molecular weight excluding hydrogens is 156 g/mol. The van der Waals surface area contributed by atoms with Gasteiger partial charge in [-0.05, 0) is 11.6 Å². The zero-order chi connectivity index (χ0) is 8.81. The van der Waals surface area contributed by atoms with E-state index >= 15 is 0 Å². The lowest BCUT2D eigenvalue weighted by molar-refractivity contribution is -0.117. The molecule has 1 heterocycles. The number of carbonyl (C=O) groups excluding carboxylic acids is 1. The minimum absolute atomic E-state index is 0.189. The molecule has 62 valence electrons. The van der Waals surface area contributed by atoms with Gasteiger partial charge in [0.2, 0.25) is 0 Å². The van der Waals surface area contributed by atoms with Crippen molar-refractivity contribution in [2.75, 3.05) is 0 Å². The van der Waals surface area contributed by atoms with Crippen molar-refractivity contribution in [2.24, 2.45) is 16.2 Å². The van der Waals surface area contributed by atoms with Gasteiger partial charge in [0, 0.05) is 12.4 Å². The van der Waals surface area contributed by atoms with Crippen molar-refractivity contribution in [3.8, 4) is 0 Å². The van der Waals surface area contributed by atoms with Crippen molar-refractivity contribution in [1.82, 2.24) is 4.98 Å². The molecule has 1 rings (SSSR count). The zero-order valence-electron chi connectivity index (χ0n) is 6.34. The Morgan fingerprint density at radius 1 is 1.67 bits per heavy atom. The van der Waals surface area contributed by atoms with Crippen molar-refractivity contribution in [1.29, 1.82) is 0 Å². The SMILES string of the molecule is NN=NC(=O)Cc1cccnc1. The molecule has 0 aliphatic rings. The fourth-order valence-corrected chi connectivity index (χ4v) is 0.777. The second-order valence-corrected chi connectivity index (χ2v) is 2.15. The van der Waals surface area contributed by atoms with E-state index in [1.807, 2.05) is 0 Å². The lowest BCUT2D eigenvalue weighted by Crippen LogP contribution is -1.99. The van der Waals surface area contributed by atoms with E-state index in [9.17, 15) is 4.79 Å². The van der Waals surface area contributed by atoms with Gasteiger partial charge in [-0.15, -0.1) is 0 Å². The summed E-state index contributed by atoms with van der Waals surface area (Å²) in [5.41, 5.74) is 0.801. The summed E-state index contributed by atoms with van der Waals surface area (Å²) in [4.78, 5) is 14.7. The number of amides is 1. The molecule has 0 saturated heterocycles. The fourth-order valence-electron chi connectivity index (χ4n) is 0.777. The molecule has 5 nitrogen and oxygen atoms in total. The maximum atomic E-state index is 10.8. The molecule has 0 saturated carbocycles. The van der Waals surface area contributed by atoms with Crippen molar-refractivity contribution in [3.63, 3.8) is 0 Å². The van der Waals surface area contributed by atoms with E-state index in [1.165, 1.54) is 0 Å². The van der Waals surface area contributed by atoms with Crippen LogP contribution in [0.25, 0.3) is 0 Å². The van der Waals surface area contributed by atoms with Crippen LogP contribution in [0.2, 0.25) is 0 Å². The normalized spacial score (nSPS) is 10.3. The molecule has 0 aliphatic carbocycles. The number of nitrogens with two attached hydrogens (primary N) is 1. The molecule has 0 unspecified atom stereocenters. The predicted octanol–water partition coefficient (Wildman–Crippen LogP) is 0.477. The van der Waals surface area contributed by atoms with E-state index < -0.39 is 0 Å². The highest BCUT2D eigenvalue weighted by molar-refractivity contribution is 5.78. The zero-order valence-corrected chi connectivity index (χ0v) is 6.34. The molecule has 1 amide bonds. The second kappa shape index (κ2) is 4.17. The van der Waals surface area contributed by atoms with Gasteiger partial charge in [0.05, 0.1) is 6.42 Å². The number of hydrogen-bond acceptors (Lipinski definition) is 3. The highest BCUT2D eigenvalue weighted by Gasteiger charge is 2.00. The Bertz CT molecular complexity index is 283. The molecule has 0 radical (unpaired) electrons. The van der Waals surface area contributed by atoms with E-state index in [0.717, 1.165) is 5.56 Å². The van der Waals surface area contributed by atoms with Crippen molar-refractivity contribution < 1.29 is 4.79 Å². The molecule has 0 bridgehead atoms. The van der Waals surface area contributed by atoms with E-state index in [4.69, 9.17) is 5.84 Å². The smallest absolute Gasteiger partial charge is 0.270 e. The number of carbonyl (C=O) groups is 1. The number of nitrogens with zero attached hydrogens (tertiary/aromatic N) is 3. The molecule has 0 fully saturated rings. The van der Waals surface area contributed by atoms with E-state index in [1.54, 1.807) is 24.5 Å². The first-order valence-electron chi connectivity index (χ1n) is 3.35. The minimum Gasteiger partial charge on any atom is -0.304 e. The van der Waals surface area contributed by atoms with Crippen molar-refractivity contribution in [2.45, 2.75) is 6.42 Å². The van der Waals surface area contributed by atoms with Crippen LogP contribution in [0.3, 0.4) is 0 Å². The Morgan fingerprint density at radius 2 is 2.50 bits per heavy atom. The highest BCUT2D eigenvalue weighted by atomic mass is 16.1. The summed E-state index contributed by atoms with van der Waals surface area (Å²) in [5, 5.41) is 6.04. The number of aromatic nitrogens is 1. The van der Waals surface area contributed by atoms with Crippen LogP contribution in [0.15, 0.2) is 34.9 Å². The Hall–Kier alpha value is -1.78. The third-order valence-corrected chi connectivity index (χ3v) is 1.25. The van der Waals surface area contributed by atoms with Crippen LogP contribution < -0.4 is 5.84 Å². The van der Waals surface area contributed by atoms with Gasteiger partial charge in [-0.3, -0.25) is 9.78 Å². The molecule has 1 aromatic rings. The van der Waals surface area contributed by atoms with E-state index in [-0.39, 0.29) is 12.3 Å². The summed E-state index contributed by atoms with van der Waals surface area (Å²) in [6.45, 7) is 0. The van der Waals surface area contributed by atoms with E-state index in [0.29, 0.717) is 0 Å². The Kier molecular flexibility index (Phi) is 2.89. The number of hydrogen-bond donors (Lipinski definition) is 1. The van der Waals surface area contributed by atoms with Crippen LogP contribution in [0.4, 0.5) is 0 Å². The maximum Gasteiger partial charge on any atom is 0.270 e. The van der Waals surface area contributed by atoms with Crippen LogP contribution >= 0.6 is 0 Å². The summed E-state index contributed by atoms with van der Waals surface area (Å²) >= 11 is 0. The minimum atomic E-state index is -0.370. The molecule has 5 heteroatoms. The summed E-state index contributed by atoms with van der Waals surface area (Å²) in [6, 6.07) is 3.54. The van der Waals surface area contributed by atoms with Crippen LogP contribution in [-0.2, 0) is 11.2 Å². The first-order valence-corrected chi connectivity index (χ1v) is 3.35. The summed E-state index contributed by atoms with van der Waals surface area (Å²) in [5.74, 6) is 4.34. The third-order valence-electron chi connectivity index (χ3n) is 1.25. The van der Waals surface area contributed by atoms with E-state index in [2.05, 4.69) is 15.3 Å². The summed E-state index contributed by atoms with van der Waals surface area (Å²) in [6.07, 6.45) is 3.43. The van der Waals surface area contributed by atoms with Gasteiger partial charge in [0.25, 0.3) is 5.91 Å². The first kappa shape index (κ1) is 8.32. The van der Waals surface area contributed by atoms with Crippen LogP contribution in [0.1, 0.15) is 5.56 Å². The van der Waals surface area contributed by atoms with Crippen LogP contribution in [0.5, 0.6) is 0 Å². The van der Waals surface area contributed by atoms with Gasteiger partial charge in [0.15, 0.2) is 0 Å². The van der Waals surface area contributed by atoms with Crippen LogP contribution in [0, 0.1) is 0 Å². The molecule has 0 atom stereocenters. The average molecular weight is 164 g/mol. The molecule has 0 spiro atoms. The van der Waals surface area contributed by atoms with Gasteiger partial charge < -0.3 is 5.84 Å². The van der Waals surface area contributed by atoms with Crippen molar-refractivity contribution in [3.05, 3.63) is 30.1 Å². The van der Waals surface area contributed by atoms with Crippen molar-refractivity contribution >= 4 is 5.91 Å². The van der Waals surface area contributed by atoms with Gasteiger partial charge in [-0.25, -0.2) is 0 Å². The largest absolute Gasteiger partial charge is 0.304 e.